The number of carboxylic acids is 1. The minimum atomic E-state index is -1.16. The van der Waals surface area contributed by atoms with Crippen molar-refractivity contribution in [2.75, 3.05) is 5.32 Å². The Morgan fingerprint density at radius 1 is 1.43 bits per heavy atom. The van der Waals surface area contributed by atoms with Gasteiger partial charge < -0.3 is 15.3 Å². The van der Waals surface area contributed by atoms with Crippen molar-refractivity contribution in [3.05, 3.63) is 28.8 Å². The van der Waals surface area contributed by atoms with E-state index in [1.54, 1.807) is 17.0 Å². The van der Waals surface area contributed by atoms with Crippen molar-refractivity contribution in [3.8, 4) is 0 Å². The van der Waals surface area contributed by atoms with Gasteiger partial charge in [-0.1, -0.05) is 24.6 Å². The summed E-state index contributed by atoms with van der Waals surface area (Å²) in [5.41, 5.74) is 0.154. The molecule has 0 spiro atoms. The Morgan fingerprint density at radius 2 is 2.14 bits per heavy atom. The average Bonchev–Trinajstić information content (AvgIpc) is 2.79. The predicted octanol–water partition coefficient (Wildman–Crippen LogP) is 3.83. The molecule has 2 N–H and O–H groups in total. The Hall–Kier alpha value is -1.75. The van der Waals surface area contributed by atoms with Gasteiger partial charge in [-0.2, -0.15) is 0 Å². The van der Waals surface area contributed by atoms with Gasteiger partial charge in [-0.25, -0.2) is 9.59 Å². The van der Waals surface area contributed by atoms with E-state index < -0.39 is 5.97 Å². The number of likely N-dealkylation sites (tertiary alicyclic amines) is 1. The Balaban J connectivity index is 2.24. The van der Waals surface area contributed by atoms with Crippen molar-refractivity contribution in [1.29, 1.82) is 0 Å². The summed E-state index contributed by atoms with van der Waals surface area (Å²) in [5.74, 6) is -1.16. The molecule has 1 fully saturated rings. The van der Waals surface area contributed by atoms with Crippen molar-refractivity contribution >= 4 is 29.3 Å². The van der Waals surface area contributed by atoms with Gasteiger partial charge in [-0.3, -0.25) is 0 Å². The fourth-order valence-corrected chi connectivity index (χ4v) is 3.12. The number of benzene rings is 1. The molecule has 114 valence electrons. The predicted molar refractivity (Wildman–Crippen MR) is 82.0 cm³/mol. The summed E-state index contributed by atoms with van der Waals surface area (Å²) in [6, 6.07) is 4.75. The van der Waals surface area contributed by atoms with Gasteiger partial charge in [-0.05, 0) is 38.3 Å². The molecule has 2 atom stereocenters. The van der Waals surface area contributed by atoms with E-state index in [0.717, 1.165) is 19.3 Å². The highest BCUT2D eigenvalue weighted by Gasteiger charge is 2.33. The first-order valence-corrected chi connectivity index (χ1v) is 7.44. The van der Waals surface area contributed by atoms with Crippen LogP contribution in [0.2, 0.25) is 5.02 Å². The summed E-state index contributed by atoms with van der Waals surface area (Å²) < 4.78 is 0. The maximum Gasteiger partial charge on any atom is 0.339 e. The second kappa shape index (κ2) is 6.35. The second-order valence-electron chi connectivity index (χ2n) is 5.29. The van der Waals surface area contributed by atoms with Crippen molar-refractivity contribution in [3.63, 3.8) is 0 Å². The summed E-state index contributed by atoms with van der Waals surface area (Å²) in [6.45, 7) is 4.05. The fraction of sp³-hybridized carbons (Fsp3) is 0.467. The van der Waals surface area contributed by atoms with Crippen LogP contribution in [0.25, 0.3) is 0 Å². The number of nitrogens with one attached hydrogen (secondary N) is 1. The molecule has 2 rings (SSSR count). The Morgan fingerprint density at radius 3 is 2.76 bits per heavy atom. The summed E-state index contributed by atoms with van der Waals surface area (Å²) in [7, 11) is 0. The molecular formula is C15H19ClN2O3. The van der Waals surface area contributed by atoms with E-state index in [0.29, 0.717) is 0 Å². The van der Waals surface area contributed by atoms with Gasteiger partial charge in [0.2, 0.25) is 0 Å². The molecule has 1 aliphatic heterocycles. The van der Waals surface area contributed by atoms with Crippen LogP contribution in [-0.2, 0) is 0 Å². The first kappa shape index (κ1) is 15.6. The molecule has 0 saturated carbocycles. The maximum atomic E-state index is 12.5. The largest absolute Gasteiger partial charge is 0.478 e. The second-order valence-corrected chi connectivity index (χ2v) is 5.70. The first-order valence-electron chi connectivity index (χ1n) is 7.06. The number of carbonyl (C=O) groups excluding carboxylic acids is 1. The van der Waals surface area contributed by atoms with Gasteiger partial charge in [0.05, 0.1) is 10.7 Å². The molecule has 2 unspecified atom stereocenters. The molecule has 0 aliphatic carbocycles. The highest BCUT2D eigenvalue weighted by atomic mass is 35.5. The van der Waals surface area contributed by atoms with Gasteiger partial charge in [0, 0.05) is 12.1 Å². The lowest BCUT2D eigenvalue weighted by molar-refractivity contribution is 0.0698. The zero-order valence-corrected chi connectivity index (χ0v) is 12.9. The summed E-state index contributed by atoms with van der Waals surface area (Å²) in [5, 5.41) is 12.0. The molecule has 1 heterocycles. The van der Waals surface area contributed by atoms with Crippen molar-refractivity contribution in [1.82, 2.24) is 4.90 Å². The number of hydrogen-bond donors (Lipinski definition) is 2. The summed E-state index contributed by atoms with van der Waals surface area (Å²) >= 11 is 5.91. The SMILES string of the molecule is CCC1CCC(C)N1C(=O)Nc1cccc(Cl)c1C(=O)O. The lowest BCUT2D eigenvalue weighted by atomic mass is 10.1. The van der Waals surface area contributed by atoms with Gasteiger partial charge in [-0.15, -0.1) is 0 Å². The van der Waals surface area contributed by atoms with E-state index in [2.05, 4.69) is 5.32 Å². The number of carboxylic acid groups (broad SMARTS) is 1. The van der Waals surface area contributed by atoms with Crippen LogP contribution < -0.4 is 5.32 Å². The normalized spacial score (nSPS) is 21.4. The van der Waals surface area contributed by atoms with Crippen LogP contribution in [0.4, 0.5) is 10.5 Å². The number of rotatable bonds is 3. The van der Waals surface area contributed by atoms with E-state index >= 15 is 0 Å². The molecule has 1 aliphatic rings. The smallest absolute Gasteiger partial charge is 0.339 e. The average molecular weight is 311 g/mol. The number of anilines is 1. The molecule has 1 aromatic carbocycles. The van der Waals surface area contributed by atoms with Crippen LogP contribution in [0.3, 0.4) is 0 Å². The highest BCUT2D eigenvalue weighted by molar-refractivity contribution is 6.34. The number of hydrogen-bond acceptors (Lipinski definition) is 2. The van der Waals surface area contributed by atoms with Crippen LogP contribution in [0.1, 0.15) is 43.5 Å². The highest BCUT2D eigenvalue weighted by Crippen LogP contribution is 2.29. The number of amides is 2. The maximum absolute atomic E-state index is 12.5. The van der Waals surface area contributed by atoms with Crippen molar-refractivity contribution < 1.29 is 14.7 Å². The third kappa shape index (κ3) is 3.13. The molecule has 21 heavy (non-hydrogen) atoms. The molecule has 1 aromatic rings. The first-order chi connectivity index (χ1) is 9.95. The van der Waals surface area contributed by atoms with Crippen LogP contribution in [0.15, 0.2) is 18.2 Å². The molecular weight excluding hydrogens is 292 g/mol. The molecule has 6 heteroatoms. The van der Waals surface area contributed by atoms with E-state index in [-0.39, 0.29) is 34.4 Å². The van der Waals surface area contributed by atoms with Crippen molar-refractivity contribution in [2.24, 2.45) is 0 Å². The summed E-state index contributed by atoms with van der Waals surface area (Å²) in [4.78, 5) is 25.5. The number of urea groups is 1. The third-order valence-electron chi connectivity index (χ3n) is 3.96. The van der Waals surface area contributed by atoms with Crippen LogP contribution >= 0.6 is 11.6 Å². The molecule has 1 saturated heterocycles. The minimum absolute atomic E-state index is 0.0765. The molecule has 2 amide bonds. The van der Waals surface area contributed by atoms with Crippen LogP contribution in [-0.4, -0.2) is 34.1 Å². The zero-order chi connectivity index (χ0) is 15.6. The minimum Gasteiger partial charge on any atom is -0.478 e. The quantitative estimate of drug-likeness (QED) is 0.891. The lowest BCUT2D eigenvalue weighted by Crippen LogP contribution is -2.42. The van der Waals surface area contributed by atoms with Crippen LogP contribution in [0.5, 0.6) is 0 Å². The molecule has 0 aromatic heterocycles. The molecule has 0 radical (unpaired) electrons. The fourth-order valence-electron chi connectivity index (χ4n) is 2.86. The monoisotopic (exact) mass is 310 g/mol. The summed E-state index contributed by atoms with van der Waals surface area (Å²) in [6.07, 6.45) is 2.83. The Bertz CT molecular complexity index is 562. The van der Waals surface area contributed by atoms with Gasteiger partial charge in [0.15, 0.2) is 0 Å². The standard InChI is InChI=1S/C15H19ClN2O3/c1-3-10-8-7-9(2)18(10)15(21)17-12-6-4-5-11(16)13(12)14(19)20/h4-6,9-10H,3,7-8H2,1-2H3,(H,17,21)(H,19,20). The number of aromatic carboxylic acids is 1. The van der Waals surface area contributed by atoms with Gasteiger partial charge in [0.25, 0.3) is 0 Å². The van der Waals surface area contributed by atoms with E-state index in [4.69, 9.17) is 11.6 Å². The van der Waals surface area contributed by atoms with Crippen LogP contribution in [0, 0.1) is 0 Å². The Labute approximate surface area is 128 Å². The third-order valence-corrected chi connectivity index (χ3v) is 4.28. The van der Waals surface area contributed by atoms with E-state index in [1.165, 1.54) is 6.07 Å². The number of carbonyl (C=O) groups is 2. The number of nitrogens with zero attached hydrogens (tertiary/aromatic N) is 1. The van der Waals surface area contributed by atoms with Gasteiger partial charge in [0.1, 0.15) is 5.56 Å². The topological polar surface area (TPSA) is 69.6 Å². The Kier molecular flexibility index (Phi) is 4.73. The lowest BCUT2D eigenvalue weighted by Gasteiger charge is -2.28. The van der Waals surface area contributed by atoms with Crippen molar-refractivity contribution in [2.45, 2.75) is 45.2 Å². The zero-order valence-electron chi connectivity index (χ0n) is 12.1. The number of halogens is 1. The van der Waals surface area contributed by atoms with E-state index in [9.17, 15) is 14.7 Å². The molecule has 5 nitrogen and oxygen atoms in total. The molecule has 0 bridgehead atoms. The van der Waals surface area contributed by atoms with Gasteiger partial charge >= 0.3 is 12.0 Å². The van der Waals surface area contributed by atoms with E-state index in [1.807, 2.05) is 13.8 Å².